The van der Waals surface area contributed by atoms with E-state index in [1.165, 1.54) is 44.7 Å². The molecule has 1 aromatic rings. The fourth-order valence-electron chi connectivity index (χ4n) is 4.47. The number of hydrogen-bond acceptors (Lipinski definition) is 3. The standard InChI is InChI=1S/C20H31N5.HI/c1-2-21-20(22-14-19-16-23-10-12-24(19)13-11-23)25-9-8-18(15-25)17-6-4-3-5-7-17;/h3-7,18-19H,2,8-16H2,1H3,(H,21,22);1H. The van der Waals surface area contributed by atoms with E-state index in [9.17, 15) is 0 Å². The average Bonchev–Trinajstić information content (AvgIpc) is 3.17. The summed E-state index contributed by atoms with van der Waals surface area (Å²) in [7, 11) is 0. The summed E-state index contributed by atoms with van der Waals surface area (Å²) in [5, 5.41) is 3.52. The van der Waals surface area contributed by atoms with Gasteiger partial charge in [-0.2, -0.15) is 0 Å². The first kappa shape index (κ1) is 19.9. The molecular weight excluding hydrogens is 437 g/mol. The highest BCUT2D eigenvalue weighted by Crippen LogP contribution is 2.27. The smallest absolute Gasteiger partial charge is 0.193 e. The Morgan fingerprint density at radius 2 is 1.85 bits per heavy atom. The zero-order valence-electron chi connectivity index (χ0n) is 15.8. The van der Waals surface area contributed by atoms with Gasteiger partial charge in [0, 0.05) is 64.3 Å². The second-order valence-electron chi connectivity index (χ2n) is 7.53. The summed E-state index contributed by atoms with van der Waals surface area (Å²) in [6, 6.07) is 11.5. The molecule has 1 aromatic carbocycles. The molecule has 5 rings (SSSR count). The molecule has 1 N–H and O–H groups in total. The fraction of sp³-hybridized carbons (Fsp3) is 0.650. The van der Waals surface area contributed by atoms with Crippen molar-refractivity contribution < 1.29 is 0 Å². The zero-order chi connectivity index (χ0) is 17.1. The van der Waals surface area contributed by atoms with E-state index in [2.05, 4.69) is 57.3 Å². The molecule has 2 bridgehead atoms. The molecule has 0 spiro atoms. The Labute approximate surface area is 174 Å². The van der Waals surface area contributed by atoms with Gasteiger partial charge < -0.3 is 10.2 Å². The number of hydrogen-bond donors (Lipinski definition) is 1. The van der Waals surface area contributed by atoms with Crippen molar-refractivity contribution in [3.8, 4) is 0 Å². The van der Waals surface area contributed by atoms with E-state index < -0.39 is 0 Å². The van der Waals surface area contributed by atoms with Crippen LogP contribution in [-0.2, 0) is 0 Å². The lowest BCUT2D eigenvalue weighted by Crippen LogP contribution is -2.62. The van der Waals surface area contributed by atoms with Crippen LogP contribution >= 0.6 is 24.0 Å². The summed E-state index contributed by atoms with van der Waals surface area (Å²) in [6.07, 6.45) is 1.22. The van der Waals surface area contributed by atoms with Crippen molar-refractivity contribution in [1.29, 1.82) is 0 Å². The normalized spacial score (nSPS) is 31.0. The van der Waals surface area contributed by atoms with Crippen molar-refractivity contribution in [2.45, 2.75) is 25.3 Å². The molecule has 4 fully saturated rings. The molecule has 144 valence electrons. The lowest BCUT2D eigenvalue weighted by molar-refractivity contribution is 0.0173. The lowest BCUT2D eigenvalue weighted by atomic mass is 9.99. The third-order valence-corrected chi connectivity index (χ3v) is 5.94. The first-order chi connectivity index (χ1) is 12.3. The third kappa shape index (κ3) is 4.51. The summed E-state index contributed by atoms with van der Waals surface area (Å²) in [6.45, 7) is 12.3. The summed E-state index contributed by atoms with van der Waals surface area (Å²) in [4.78, 5) is 12.7. The van der Waals surface area contributed by atoms with E-state index in [1.807, 2.05) is 0 Å². The maximum absolute atomic E-state index is 5.03. The molecule has 4 aliphatic rings. The molecule has 4 heterocycles. The maximum Gasteiger partial charge on any atom is 0.193 e. The van der Waals surface area contributed by atoms with E-state index in [-0.39, 0.29) is 24.0 Å². The number of guanidine groups is 1. The number of fused-ring (bicyclic) bond motifs is 3. The molecule has 5 nitrogen and oxygen atoms in total. The van der Waals surface area contributed by atoms with Crippen LogP contribution in [0.4, 0.5) is 0 Å². The molecular formula is C20H32IN5. The highest BCUT2D eigenvalue weighted by Gasteiger charge is 2.32. The second-order valence-corrected chi connectivity index (χ2v) is 7.53. The lowest BCUT2D eigenvalue weighted by Gasteiger charge is -2.47. The minimum absolute atomic E-state index is 0. The Morgan fingerprint density at radius 1 is 1.08 bits per heavy atom. The SMILES string of the molecule is CCNC(=NCC1CN2CCN1CC2)N1CCC(c2ccccc2)C1.I. The molecule has 4 saturated heterocycles. The average molecular weight is 469 g/mol. The van der Waals surface area contributed by atoms with Crippen molar-refractivity contribution in [3.63, 3.8) is 0 Å². The number of likely N-dealkylation sites (tertiary alicyclic amines) is 1. The Hall–Kier alpha value is -0.860. The van der Waals surface area contributed by atoms with Gasteiger partial charge in [-0.1, -0.05) is 30.3 Å². The predicted molar refractivity (Wildman–Crippen MR) is 119 cm³/mol. The summed E-state index contributed by atoms with van der Waals surface area (Å²) >= 11 is 0. The largest absolute Gasteiger partial charge is 0.357 e. The van der Waals surface area contributed by atoms with Crippen molar-refractivity contribution >= 4 is 29.9 Å². The summed E-state index contributed by atoms with van der Waals surface area (Å²) in [5.74, 6) is 1.74. The molecule has 0 amide bonds. The number of halogens is 1. The van der Waals surface area contributed by atoms with Crippen LogP contribution in [0, 0.1) is 0 Å². The second kappa shape index (κ2) is 9.37. The van der Waals surface area contributed by atoms with Gasteiger partial charge in [0.2, 0.25) is 0 Å². The van der Waals surface area contributed by atoms with E-state index in [4.69, 9.17) is 4.99 Å². The fourth-order valence-corrected chi connectivity index (χ4v) is 4.47. The highest BCUT2D eigenvalue weighted by molar-refractivity contribution is 14.0. The van der Waals surface area contributed by atoms with Crippen molar-refractivity contribution in [1.82, 2.24) is 20.0 Å². The van der Waals surface area contributed by atoms with Crippen LogP contribution in [0.3, 0.4) is 0 Å². The quantitative estimate of drug-likeness (QED) is 0.416. The van der Waals surface area contributed by atoms with E-state index in [1.54, 1.807) is 0 Å². The third-order valence-electron chi connectivity index (χ3n) is 5.94. The maximum atomic E-state index is 5.03. The Balaban J connectivity index is 0.00000196. The number of nitrogens with one attached hydrogen (secondary N) is 1. The minimum Gasteiger partial charge on any atom is -0.357 e. The molecule has 0 saturated carbocycles. The van der Waals surface area contributed by atoms with Crippen molar-refractivity contribution in [2.75, 3.05) is 58.9 Å². The van der Waals surface area contributed by atoms with Crippen molar-refractivity contribution in [2.24, 2.45) is 4.99 Å². The molecule has 0 aliphatic carbocycles. The highest BCUT2D eigenvalue weighted by atomic mass is 127. The van der Waals surface area contributed by atoms with Crippen molar-refractivity contribution in [3.05, 3.63) is 35.9 Å². The van der Waals surface area contributed by atoms with Crippen LogP contribution in [-0.4, -0.2) is 85.6 Å². The number of rotatable bonds is 4. The Morgan fingerprint density at radius 3 is 2.50 bits per heavy atom. The topological polar surface area (TPSA) is 34.1 Å². The molecule has 2 unspecified atom stereocenters. The van der Waals surface area contributed by atoms with E-state index in [0.29, 0.717) is 12.0 Å². The summed E-state index contributed by atoms with van der Waals surface area (Å²) in [5.41, 5.74) is 1.46. The van der Waals surface area contributed by atoms with Gasteiger partial charge in [-0.05, 0) is 18.9 Å². The Bertz CT molecular complexity index is 585. The molecule has 26 heavy (non-hydrogen) atoms. The van der Waals surface area contributed by atoms with E-state index >= 15 is 0 Å². The molecule has 6 heteroatoms. The van der Waals surface area contributed by atoms with E-state index in [0.717, 1.165) is 32.1 Å². The first-order valence-electron chi connectivity index (χ1n) is 9.88. The van der Waals surface area contributed by atoms with Gasteiger partial charge in [-0.25, -0.2) is 0 Å². The van der Waals surface area contributed by atoms with Gasteiger partial charge in [0.25, 0.3) is 0 Å². The number of aliphatic imine (C=N–C) groups is 1. The molecule has 0 radical (unpaired) electrons. The van der Waals surface area contributed by atoms with Crippen LogP contribution in [0.25, 0.3) is 0 Å². The minimum atomic E-state index is 0. The predicted octanol–water partition coefficient (Wildman–Crippen LogP) is 2.06. The number of nitrogens with zero attached hydrogens (tertiary/aromatic N) is 4. The zero-order valence-corrected chi connectivity index (χ0v) is 18.1. The molecule has 4 aliphatic heterocycles. The first-order valence-corrected chi connectivity index (χ1v) is 9.88. The molecule has 0 aromatic heterocycles. The van der Waals surface area contributed by atoms with Gasteiger partial charge in [-0.3, -0.25) is 14.8 Å². The van der Waals surface area contributed by atoms with Crippen LogP contribution in [0.2, 0.25) is 0 Å². The summed E-state index contributed by atoms with van der Waals surface area (Å²) < 4.78 is 0. The number of benzene rings is 1. The van der Waals surface area contributed by atoms with Crippen LogP contribution in [0.5, 0.6) is 0 Å². The van der Waals surface area contributed by atoms with Gasteiger partial charge in [-0.15, -0.1) is 24.0 Å². The monoisotopic (exact) mass is 469 g/mol. The molecule has 2 atom stereocenters. The van der Waals surface area contributed by atoms with Gasteiger partial charge in [0.15, 0.2) is 5.96 Å². The number of piperazine rings is 3. The Kier molecular flexibility index (Phi) is 7.17. The van der Waals surface area contributed by atoms with Gasteiger partial charge in [0.05, 0.1) is 6.54 Å². The van der Waals surface area contributed by atoms with Gasteiger partial charge in [0.1, 0.15) is 0 Å². The van der Waals surface area contributed by atoms with Gasteiger partial charge >= 0.3 is 0 Å². The van der Waals surface area contributed by atoms with Crippen LogP contribution < -0.4 is 5.32 Å². The van der Waals surface area contributed by atoms with Crippen LogP contribution in [0.1, 0.15) is 24.8 Å². The van der Waals surface area contributed by atoms with Crippen LogP contribution in [0.15, 0.2) is 35.3 Å².